The number of hydrogen-bond donors (Lipinski definition) is 1. The number of anilines is 1. The van der Waals surface area contributed by atoms with Crippen LogP contribution in [0, 0.1) is 0 Å². The van der Waals surface area contributed by atoms with Crippen molar-refractivity contribution in [3.05, 3.63) is 17.7 Å². The largest absolute Gasteiger partial charge is 0.497 e. The van der Waals surface area contributed by atoms with Crippen molar-refractivity contribution in [3.8, 4) is 11.5 Å². The average molecular weight is 295 g/mol. The Bertz CT molecular complexity index is 497. The normalized spacial score (nSPS) is 18.1. The van der Waals surface area contributed by atoms with Gasteiger partial charge in [-0.1, -0.05) is 0 Å². The van der Waals surface area contributed by atoms with Crippen LogP contribution in [-0.2, 0) is 9.47 Å². The summed E-state index contributed by atoms with van der Waals surface area (Å²) in [6, 6.07) is 3.16. The van der Waals surface area contributed by atoms with Gasteiger partial charge in [0.1, 0.15) is 18.1 Å². The maximum absolute atomic E-state index is 12.2. The van der Waals surface area contributed by atoms with Gasteiger partial charge in [0.05, 0.1) is 31.6 Å². The fourth-order valence-corrected chi connectivity index (χ4v) is 2.24. The molecule has 6 nitrogen and oxygen atoms in total. The summed E-state index contributed by atoms with van der Waals surface area (Å²) in [4.78, 5) is 12.2. The lowest BCUT2D eigenvalue weighted by Crippen LogP contribution is -2.26. The molecule has 1 heterocycles. The van der Waals surface area contributed by atoms with Crippen LogP contribution in [0.2, 0.25) is 0 Å². The number of nitrogen functional groups attached to an aromatic ring is 1. The Hall–Kier alpha value is -1.95. The molecular formula is C15H21NO5. The quantitative estimate of drug-likeness (QED) is 0.661. The number of carbonyl (C=O) groups excluding carboxylic acids is 1. The van der Waals surface area contributed by atoms with Gasteiger partial charge >= 0.3 is 5.97 Å². The summed E-state index contributed by atoms with van der Waals surface area (Å²) in [7, 11) is 2.99. The Morgan fingerprint density at radius 2 is 2.14 bits per heavy atom. The van der Waals surface area contributed by atoms with E-state index >= 15 is 0 Å². The standard InChI is InChI=1S/C15H21NO5/c1-18-11-7-12(14(16)13(8-11)19-2)15(17)21-9-10-5-3-4-6-20-10/h7-8,10H,3-6,9,16H2,1-2H3. The van der Waals surface area contributed by atoms with E-state index < -0.39 is 5.97 Å². The molecule has 1 atom stereocenters. The number of benzene rings is 1. The molecule has 1 saturated heterocycles. The molecule has 21 heavy (non-hydrogen) atoms. The smallest absolute Gasteiger partial charge is 0.340 e. The summed E-state index contributed by atoms with van der Waals surface area (Å²) >= 11 is 0. The molecule has 0 spiro atoms. The van der Waals surface area contributed by atoms with Gasteiger partial charge in [0.15, 0.2) is 0 Å². The first-order valence-electron chi connectivity index (χ1n) is 6.96. The van der Waals surface area contributed by atoms with Crippen molar-refractivity contribution >= 4 is 11.7 Å². The molecule has 116 valence electrons. The molecule has 6 heteroatoms. The second-order valence-electron chi connectivity index (χ2n) is 4.88. The van der Waals surface area contributed by atoms with Gasteiger partial charge in [-0.05, 0) is 25.3 Å². The van der Waals surface area contributed by atoms with Gasteiger partial charge in [-0.3, -0.25) is 0 Å². The molecule has 1 aromatic carbocycles. The van der Waals surface area contributed by atoms with Crippen molar-refractivity contribution in [2.45, 2.75) is 25.4 Å². The molecule has 1 aliphatic heterocycles. The fourth-order valence-electron chi connectivity index (χ4n) is 2.24. The lowest BCUT2D eigenvalue weighted by molar-refractivity contribution is -0.0300. The maximum atomic E-state index is 12.2. The first-order chi connectivity index (χ1) is 10.2. The van der Waals surface area contributed by atoms with E-state index in [1.807, 2.05) is 0 Å². The Morgan fingerprint density at radius 1 is 1.33 bits per heavy atom. The van der Waals surface area contributed by atoms with E-state index in [0.29, 0.717) is 11.5 Å². The van der Waals surface area contributed by atoms with E-state index in [-0.39, 0.29) is 24.0 Å². The van der Waals surface area contributed by atoms with Gasteiger partial charge in [0.25, 0.3) is 0 Å². The number of esters is 1. The molecule has 1 fully saturated rings. The molecule has 0 amide bonds. The molecule has 0 saturated carbocycles. The average Bonchev–Trinajstić information content (AvgIpc) is 2.53. The second kappa shape index (κ2) is 7.17. The minimum absolute atomic E-state index is 0.0311. The van der Waals surface area contributed by atoms with Crippen LogP contribution in [0.4, 0.5) is 5.69 Å². The number of hydrogen-bond acceptors (Lipinski definition) is 6. The van der Waals surface area contributed by atoms with Crippen LogP contribution in [0.1, 0.15) is 29.6 Å². The Kier molecular flexibility index (Phi) is 5.27. The van der Waals surface area contributed by atoms with Crippen molar-refractivity contribution in [1.29, 1.82) is 0 Å². The minimum atomic E-state index is -0.501. The van der Waals surface area contributed by atoms with Gasteiger partial charge in [0.2, 0.25) is 0 Å². The van der Waals surface area contributed by atoms with Gasteiger partial charge < -0.3 is 24.7 Å². The molecule has 0 aromatic heterocycles. The zero-order valence-corrected chi connectivity index (χ0v) is 12.4. The van der Waals surface area contributed by atoms with Crippen LogP contribution in [0.15, 0.2) is 12.1 Å². The number of ether oxygens (including phenoxy) is 4. The highest BCUT2D eigenvalue weighted by atomic mass is 16.6. The maximum Gasteiger partial charge on any atom is 0.340 e. The van der Waals surface area contributed by atoms with Crippen LogP contribution < -0.4 is 15.2 Å². The SMILES string of the molecule is COc1cc(OC)c(N)c(C(=O)OCC2CCCCO2)c1. The third-order valence-corrected chi connectivity index (χ3v) is 3.47. The van der Waals surface area contributed by atoms with Gasteiger partial charge in [-0.25, -0.2) is 4.79 Å². The van der Waals surface area contributed by atoms with Crippen molar-refractivity contribution in [3.63, 3.8) is 0 Å². The number of methoxy groups -OCH3 is 2. The minimum Gasteiger partial charge on any atom is -0.497 e. The number of carbonyl (C=O) groups is 1. The van der Waals surface area contributed by atoms with Crippen molar-refractivity contribution in [1.82, 2.24) is 0 Å². The summed E-state index contributed by atoms with van der Waals surface area (Å²) in [5, 5.41) is 0. The first-order valence-corrected chi connectivity index (χ1v) is 6.96. The number of nitrogens with two attached hydrogens (primary N) is 1. The third kappa shape index (κ3) is 3.78. The van der Waals surface area contributed by atoms with E-state index in [9.17, 15) is 4.79 Å². The van der Waals surface area contributed by atoms with E-state index in [1.54, 1.807) is 12.1 Å². The van der Waals surface area contributed by atoms with Crippen LogP contribution in [0.3, 0.4) is 0 Å². The Labute approximate surface area is 124 Å². The molecule has 0 bridgehead atoms. The first kappa shape index (κ1) is 15.4. The van der Waals surface area contributed by atoms with Crippen LogP contribution in [0.25, 0.3) is 0 Å². The van der Waals surface area contributed by atoms with E-state index in [0.717, 1.165) is 25.9 Å². The second-order valence-corrected chi connectivity index (χ2v) is 4.88. The molecule has 2 N–H and O–H groups in total. The summed E-state index contributed by atoms with van der Waals surface area (Å²) in [5.41, 5.74) is 6.40. The Balaban J connectivity index is 2.07. The van der Waals surface area contributed by atoms with E-state index in [4.69, 9.17) is 24.7 Å². The summed E-state index contributed by atoms with van der Waals surface area (Å²) in [5.74, 6) is 0.371. The van der Waals surface area contributed by atoms with E-state index in [1.165, 1.54) is 14.2 Å². The van der Waals surface area contributed by atoms with Gasteiger partial charge in [-0.2, -0.15) is 0 Å². The molecule has 1 aromatic rings. The molecule has 0 radical (unpaired) electrons. The van der Waals surface area contributed by atoms with E-state index in [2.05, 4.69) is 0 Å². The fraction of sp³-hybridized carbons (Fsp3) is 0.533. The highest BCUT2D eigenvalue weighted by molar-refractivity contribution is 5.97. The molecule has 1 unspecified atom stereocenters. The summed E-state index contributed by atoms with van der Waals surface area (Å²) < 4.78 is 21.1. The highest BCUT2D eigenvalue weighted by Crippen LogP contribution is 2.31. The highest BCUT2D eigenvalue weighted by Gasteiger charge is 2.20. The summed E-state index contributed by atoms with van der Waals surface area (Å²) in [6.07, 6.45) is 3.03. The van der Waals surface area contributed by atoms with Gasteiger partial charge in [-0.15, -0.1) is 0 Å². The van der Waals surface area contributed by atoms with Crippen LogP contribution in [0.5, 0.6) is 11.5 Å². The van der Waals surface area contributed by atoms with Gasteiger partial charge in [0, 0.05) is 12.7 Å². The van der Waals surface area contributed by atoms with Crippen molar-refractivity contribution in [2.75, 3.05) is 33.2 Å². The zero-order valence-electron chi connectivity index (χ0n) is 12.4. The zero-order chi connectivity index (χ0) is 15.2. The van der Waals surface area contributed by atoms with Crippen molar-refractivity contribution in [2.24, 2.45) is 0 Å². The van der Waals surface area contributed by atoms with Crippen LogP contribution >= 0.6 is 0 Å². The molecule has 0 aliphatic carbocycles. The number of rotatable bonds is 5. The molecule has 2 rings (SSSR count). The van der Waals surface area contributed by atoms with Crippen molar-refractivity contribution < 1.29 is 23.7 Å². The predicted molar refractivity (Wildman–Crippen MR) is 77.8 cm³/mol. The lowest BCUT2D eigenvalue weighted by atomic mass is 10.1. The lowest BCUT2D eigenvalue weighted by Gasteiger charge is -2.22. The molecule has 1 aliphatic rings. The third-order valence-electron chi connectivity index (χ3n) is 3.47. The molecular weight excluding hydrogens is 274 g/mol. The predicted octanol–water partition coefficient (Wildman–Crippen LogP) is 2.01. The monoisotopic (exact) mass is 295 g/mol. The Morgan fingerprint density at radius 3 is 2.76 bits per heavy atom. The topological polar surface area (TPSA) is 80.0 Å². The van der Waals surface area contributed by atoms with Crippen LogP contribution in [-0.4, -0.2) is 39.5 Å². The summed E-state index contributed by atoms with van der Waals surface area (Å²) in [6.45, 7) is 0.954.